The number of sulfonamides is 1. The van der Waals surface area contributed by atoms with Gasteiger partial charge in [-0.3, -0.25) is 0 Å². The molecule has 0 radical (unpaired) electrons. The van der Waals surface area contributed by atoms with Crippen molar-refractivity contribution >= 4 is 21.4 Å². The number of rotatable bonds is 4. The van der Waals surface area contributed by atoms with Gasteiger partial charge in [0.05, 0.1) is 0 Å². The summed E-state index contributed by atoms with van der Waals surface area (Å²) in [5.74, 6) is 0. The summed E-state index contributed by atoms with van der Waals surface area (Å²) in [7, 11) is -3.38. The Morgan fingerprint density at radius 2 is 1.82 bits per heavy atom. The second-order valence-electron chi connectivity index (χ2n) is 6.16. The number of thiophene rings is 1. The lowest BCUT2D eigenvalue weighted by Gasteiger charge is -2.32. The molecule has 0 saturated heterocycles. The maximum absolute atomic E-state index is 12.1. The minimum absolute atomic E-state index is 0.0848. The summed E-state index contributed by atoms with van der Waals surface area (Å²) in [6, 6.07) is 3.37. The molecule has 0 bridgehead atoms. The molecular weight excluding hydrogens is 254 g/mol. The zero-order valence-electron chi connectivity index (χ0n) is 11.1. The first-order chi connectivity index (χ1) is 7.52. The molecule has 0 atom stereocenters. The van der Waals surface area contributed by atoms with Crippen LogP contribution in [0.1, 0.15) is 41.0 Å². The van der Waals surface area contributed by atoms with Crippen molar-refractivity contribution in [1.29, 1.82) is 0 Å². The maximum Gasteiger partial charge on any atom is 0.250 e. The van der Waals surface area contributed by atoms with E-state index in [1.165, 1.54) is 11.3 Å². The van der Waals surface area contributed by atoms with Crippen LogP contribution in [0.3, 0.4) is 0 Å². The van der Waals surface area contributed by atoms with Gasteiger partial charge in [0.1, 0.15) is 4.21 Å². The first-order valence-electron chi connectivity index (χ1n) is 5.59. The van der Waals surface area contributed by atoms with E-state index in [9.17, 15) is 8.42 Å². The zero-order chi connectivity index (χ0) is 13.3. The molecule has 0 unspecified atom stereocenters. The molecule has 1 rings (SSSR count). The molecule has 3 nitrogen and oxygen atoms in total. The fraction of sp³-hybridized carbons (Fsp3) is 0.667. The third kappa shape index (κ3) is 4.77. The van der Waals surface area contributed by atoms with Crippen molar-refractivity contribution in [1.82, 2.24) is 4.72 Å². The van der Waals surface area contributed by atoms with Crippen molar-refractivity contribution < 1.29 is 8.42 Å². The van der Waals surface area contributed by atoms with E-state index in [2.05, 4.69) is 25.5 Å². The van der Waals surface area contributed by atoms with Crippen molar-refractivity contribution in [3.05, 3.63) is 17.5 Å². The highest BCUT2D eigenvalue weighted by molar-refractivity contribution is 7.91. The molecule has 1 N–H and O–H groups in total. The smallest absolute Gasteiger partial charge is 0.206 e. The summed E-state index contributed by atoms with van der Waals surface area (Å²) in [6.45, 7) is 10.2. The van der Waals surface area contributed by atoms with Gasteiger partial charge in [0.25, 0.3) is 10.0 Å². The van der Waals surface area contributed by atoms with E-state index in [1.54, 1.807) is 17.5 Å². The summed E-state index contributed by atoms with van der Waals surface area (Å²) in [5.41, 5.74) is -0.359. The topological polar surface area (TPSA) is 46.2 Å². The van der Waals surface area contributed by atoms with E-state index in [-0.39, 0.29) is 5.41 Å². The van der Waals surface area contributed by atoms with E-state index in [4.69, 9.17) is 0 Å². The highest BCUT2D eigenvalue weighted by Crippen LogP contribution is 2.28. The Balaban J connectivity index is 2.84. The lowest BCUT2D eigenvalue weighted by atomic mass is 9.82. The molecular formula is C12H21NO2S2. The first-order valence-corrected chi connectivity index (χ1v) is 7.96. The van der Waals surface area contributed by atoms with Crippen LogP contribution in [-0.4, -0.2) is 14.0 Å². The monoisotopic (exact) mass is 275 g/mol. The molecule has 0 saturated carbocycles. The van der Waals surface area contributed by atoms with Crippen LogP contribution in [0.2, 0.25) is 0 Å². The summed E-state index contributed by atoms with van der Waals surface area (Å²) in [5, 5.41) is 1.77. The minimum Gasteiger partial charge on any atom is -0.206 e. The Labute approximate surface area is 108 Å². The molecule has 5 heteroatoms. The summed E-state index contributed by atoms with van der Waals surface area (Å²) in [4.78, 5) is 0. The van der Waals surface area contributed by atoms with Crippen LogP contribution in [0.15, 0.2) is 21.7 Å². The van der Waals surface area contributed by atoms with Crippen molar-refractivity contribution in [3.63, 3.8) is 0 Å². The Bertz CT molecular complexity index is 453. The molecule has 0 aromatic carbocycles. The number of nitrogens with one attached hydrogen (secondary N) is 1. The second kappa shape index (κ2) is 4.71. The van der Waals surface area contributed by atoms with Gasteiger partial charge < -0.3 is 0 Å². The van der Waals surface area contributed by atoms with E-state index in [0.29, 0.717) is 4.21 Å². The highest BCUT2D eigenvalue weighted by atomic mass is 32.2. The molecule has 0 fully saturated rings. The fourth-order valence-electron chi connectivity index (χ4n) is 2.19. The summed E-state index contributed by atoms with van der Waals surface area (Å²) < 4.78 is 27.3. The number of hydrogen-bond acceptors (Lipinski definition) is 3. The van der Waals surface area contributed by atoms with Crippen molar-refractivity contribution in [3.8, 4) is 0 Å². The van der Waals surface area contributed by atoms with Gasteiger partial charge in [-0.15, -0.1) is 11.3 Å². The molecule has 98 valence electrons. The Kier molecular flexibility index (Phi) is 4.06. The molecule has 0 aliphatic heterocycles. The Hall–Kier alpha value is -0.390. The molecule has 0 aliphatic rings. The average Bonchev–Trinajstić information content (AvgIpc) is 2.46. The van der Waals surface area contributed by atoms with Gasteiger partial charge in [-0.1, -0.05) is 26.8 Å². The summed E-state index contributed by atoms with van der Waals surface area (Å²) in [6.07, 6.45) is 0.782. The fourth-order valence-corrected chi connectivity index (χ4v) is 4.60. The quantitative estimate of drug-likeness (QED) is 0.917. The van der Waals surface area contributed by atoms with Gasteiger partial charge >= 0.3 is 0 Å². The van der Waals surface area contributed by atoms with Gasteiger partial charge in [-0.2, -0.15) is 0 Å². The van der Waals surface area contributed by atoms with Gasteiger partial charge in [0, 0.05) is 5.54 Å². The van der Waals surface area contributed by atoms with Gasteiger partial charge in [-0.05, 0) is 37.1 Å². The van der Waals surface area contributed by atoms with Crippen LogP contribution in [0.25, 0.3) is 0 Å². The molecule has 1 aromatic heterocycles. The standard InChI is InChI=1S/C12H21NO2S2/c1-11(2,3)9-12(4,5)13-17(14,15)10-7-6-8-16-10/h6-8,13H,9H2,1-5H3. The van der Waals surface area contributed by atoms with Crippen LogP contribution in [0, 0.1) is 5.41 Å². The van der Waals surface area contributed by atoms with Crippen LogP contribution in [0.4, 0.5) is 0 Å². The number of hydrogen-bond donors (Lipinski definition) is 1. The van der Waals surface area contributed by atoms with Gasteiger partial charge in [-0.25, -0.2) is 13.1 Å². The largest absolute Gasteiger partial charge is 0.250 e. The molecule has 0 spiro atoms. The van der Waals surface area contributed by atoms with E-state index in [0.717, 1.165) is 6.42 Å². The Morgan fingerprint density at radius 1 is 1.24 bits per heavy atom. The average molecular weight is 275 g/mol. The predicted molar refractivity (Wildman–Crippen MR) is 72.8 cm³/mol. The van der Waals surface area contributed by atoms with Crippen LogP contribution >= 0.6 is 11.3 Å². The second-order valence-corrected chi connectivity index (χ2v) is 9.02. The van der Waals surface area contributed by atoms with Crippen molar-refractivity contribution in [2.24, 2.45) is 5.41 Å². The first kappa shape index (κ1) is 14.7. The summed E-state index contributed by atoms with van der Waals surface area (Å²) >= 11 is 1.24. The third-order valence-electron chi connectivity index (χ3n) is 2.14. The molecule has 0 amide bonds. The molecule has 1 aromatic rings. The minimum atomic E-state index is -3.38. The lowest BCUT2D eigenvalue weighted by Crippen LogP contribution is -2.45. The van der Waals surface area contributed by atoms with Crippen LogP contribution in [0.5, 0.6) is 0 Å². The van der Waals surface area contributed by atoms with E-state index >= 15 is 0 Å². The van der Waals surface area contributed by atoms with Crippen molar-refractivity contribution in [2.45, 2.75) is 50.8 Å². The third-order valence-corrected chi connectivity index (χ3v) is 5.24. The molecule has 0 aliphatic carbocycles. The van der Waals surface area contributed by atoms with Crippen LogP contribution in [-0.2, 0) is 10.0 Å². The maximum atomic E-state index is 12.1. The van der Waals surface area contributed by atoms with E-state index < -0.39 is 15.6 Å². The zero-order valence-corrected chi connectivity index (χ0v) is 12.7. The molecule has 1 heterocycles. The van der Waals surface area contributed by atoms with Crippen molar-refractivity contribution in [2.75, 3.05) is 0 Å². The van der Waals surface area contributed by atoms with Gasteiger partial charge in [0.2, 0.25) is 0 Å². The SMILES string of the molecule is CC(C)(C)CC(C)(C)NS(=O)(=O)c1cccs1. The molecule has 17 heavy (non-hydrogen) atoms. The normalized spacial score (nSPS) is 13.9. The lowest BCUT2D eigenvalue weighted by molar-refractivity contribution is 0.269. The Morgan fingerprint density at radius 3 is 2.24 bits per heavy atom. The predicted octanol–water partition coefficient (Wildman–Crippen LogP) is 3.24. The van der Waals surface area contributed by atoms with Crippen LogP contribution < -0.4 is 4.72 Å². The van der Waals surface area contributed by atoms with E-state index in [1.807, 2.05) is 13.8 Å². The highest BCUT2D eigenvalue weighted by Gasteiger charge is 2.30. The van der Waals surface area contributed by atoms with Gasteiger partial charge in [0.15, 0.2) is 0 Å².